The Morgan fingerprint density at radius 1 is 1.31 bits per heavy atom. The zero-order valence-corrected chi connectivity index (χ0v) is 10.3. The number of aliphatic hydroxyl groups is 1. The Bertz CT molecular complexity index is 471. The maximum atomic E-state index is 13.3. The second kappa shape index (κ2) is 4.51. The highest BCUT2D eigenvalue weighted by atomic mass is 32.2. The highest BCUT2D eigenvalue weighted by Gasteiger charge is 2.16. The average Bonchev–Trinajstić information content (AvgIpc) is 2.10. The second-order valence-corrected chi connectivity index (χ2v) is 6.26. The van der Waals surface area contributed by atoms with Crippen molar-refractivity contribution in [2.45, 2.75) is 20.0 Å². The van der Waals surface area contributed by atoms with Crippen LogP contribution in [0.3, 0.4) is 0 Å². The minimum atomic E-state index is -3.25. The third kappa shape index (κ3) is 3.28. The predicted octanol–water partition coefficient (Wildman–Crippen LogP) is 1.52. The quantitative estimate of drug-likeness (QED) is 0.879. The van der Waals surface area contributed by atoms with Gasteiger partial charge in [0.05, 0.1) is 11.9 Å². The summed E-state index contributed by atoms with van der Waals surface area (Å²) in [6.07, 6.45) is -0.0487. The van der Waals surface area contributed by atoms with Crippen LogP contribution < -0.4 is 0 Å². The predicted molar refractivity (Wildman–Crippen MR) is 60.5 cm³/mol. The van der Waals surface area contributed by atoms with Crippen LogP contribution in [0.25, 0.3) is 0 Å². The number of rotatable bonds is 3. The van der Waals surface area contributed by atoms with E-state index in [1.807, 2.05) is 0 Å². The summed E-state index contributed by atoms with van der Waals surface area (Å²) in [5.74, 6) is -0.673. The summed E-state index contributed by atoms with van der Waals surface area (Å²) >= 11 is 0. The fraction of sp³-hybridized carbons (Fsp3) is 0.455. The summed E-state index contributed by atoms with van der Waals surface area (Å²) < 4.78 is 35.3. The van der Waals surface area contributed by atoms with E-state index in [2.05, 4.69) is 0 Å². The minimum absolute atomic E-state index is 0.324. The van der Waals surface area contributed by atoms with Gasteiger partial charge >= 0.3 is 0 Å². The van der Waals surface area contributed by atoms with E-state index in [1.165, 1.54) is 12.1 Å². The van der Waals surface area contributed by atoms with Crippen LogP contribution in [0.2, 0.25) is 0 Å². The standard InChI is InChI=1S/C11H15FO3S/c1-7-4-9(5-8(2)11(7)12)10(13)6-16(3,14)15/h4-5,10,13H,6H2,1-3H3. The molecule has 1 atom stereocenters. The molecular formula is C11H15FO3S. The molecule has 0 radical (unpaired) electrons. The zero-order valence-electron chi connectivity index (χ0n) is 9.49. The van der Waals surface area contributed by atoms with Crippen molar-refractivity contribution in [1.29, 1.82) is 0 Å². The monoisotopic (exact) mass is 246 g/mol. The topological polar surface area (TPSA) is 54.4 Å². The van der Waals surface area contributed by atoms with Gasteiger partial charge in [0.15, 0.2) is 0 Å². The van der Waals surface area contributed by atoms with E-state index in [-0.39, 0.29) is 11.6 Å². The van der Waals surface area contributed by atoms with Crippen molar-refractivity contribution in [3.8, 4) is 0 Å². The van der Waals surface area contributed by atoms with Crippen LogP contribution in [0.5, 0.6) is 0 Å². The molecule has 5 heteroatoms. The molecule has 1 rings (SSSR count). The van der Waals surface area contributed by atoms with E-state index in [0.29, 0.717) is 16.7 Å². The molecule has 0 aliphatic rings. The van der Waals surface area contributed by atoms with E-state index in [4.69, 9.17) is 0 Å². The van der Waals surface area contributed by atoms with Crippen molar-refractivity contribution in [3.63, 3.8) is 0 Å². The van der Waals surface area contributed by atoms with E-state index in [1.54, 1.807) is 13.8 Å². The van der Waals surface area contributed by atoms with Crippen LogP contribution in [-0.4, -0.2) is 25.5 Å². The van der Waals surface area contributed by atoms with Crippen molar-refractivity contribution >= 4 is 9.84 Å². The summed E-state index contributed by atoms with van der Waals surface area (Å²) in [4.78, 5) is 0. The summed E-state index contributed by atoms with van der Waals surface area (Å²) in [6, 6.07) is 2.94. The van der Waals surface area contributed by atoms with Crippen LogP contribution in [0.15, 0.2) is 12.1 Å². The van der Waals surface area contributed by atoms with E-state index in [9.17, 15) is 17.9 Å². The van der Waals surface area contributed by atoms with Gasteiger partial charge in [-0.25, -0.2) is 12.8 Å². The summed E-state index contributed by atoms with van der Waals surface area (Å²) in [7, 11) is -3.25. The molecule has 1 aromatic rings. The lowest BCUT2D eigenvalue weighted by Gasteiger charge is -2.12. The van der Waals surface area contributed by atoms with Crippen LogP contribution in [0, 0.1) is 19.7 Å². The Labute approximate surface area is 94.8 Å². The van der Waals surface area contributed by atoms with Crippen molar-refractivity contribution in [1.82, 2.24) is 0 Å². The fourth-order valence-electron chi connectivity index (χ4n) is 1.55. The average molecular weight is 246 g/mol. The SMILES string of the molecule is Cc1cc(C(O)CS(C)(=O)=O)cc(C)c1F. The first-order valence-electron chi connectivity index (χ1n) is 4.83. The van der Waals surface area contributed by atoms with Crippen LogP contribution in [0.4, 0.5) is 4.39 Å². The van der Waals surface area contributed by atoms with Gasteiger partial charge in [0.25, 0.3) is 0 Å². The Kier molecular flexibility index (Phi) is 3.70. The number of benzene rings is 1. The van der Waals surface area contributed by atoms with E-state index >= 15 is 0 Å². The Morgan fingerprint density at radius 3 is 2.12 bits per heavy atom. The van der Waals surface area contributed by atoms with Crippen LogP contribution in [-0.2, 0) is 9.84 Å². The Hall–Kier alpha value is -0.940. The number of hydrogen-bond donors (Lipinski definition) is 1. The van der Waals surface area contributed by atoms with Gasteiger partial charge in [-0.3, -0.25) is 0 Å². The number of aryl methyl sites for hydroxylation is 2. The Balaban J connectivity index is 3.06. The lowest BCUT2D eigenvalue weighted by atomic mass is 10.0. The van der Waals surface area contributed by atoms with Crippen LogP contribution >= 0.6 is 0 Å². The van der Waals surface area contributed by atoms with Crippen molar-refractivity contribution in [3.05, 3.63) is 34.6 Å². The number of hydrogen-bond acceptors (Lipinski definition) is 3. The zero-order chi connectivity index (χ0) is 12.5. The summed E-state index contributed by atoms with van der Waals surface area (Å²) in [5, 5.41) is 9.69. The molecule has 0 amide bonds. The first kappa shape index (κ1) is 13.1. The number of aliphatic hydroxyl groups excluding tert-OH is 1. The fourth-order valence-corrected chi connectivity index (χ4v) is 2.32. The molecule has 0 bridgehead atoms. The van der Waals surface area contributed by atoms with Gasteiger partial charge in [-0.15, -0.1) is 0 Å². The second-order valence-electron chi connectivity index (χ2n) is 4.08. The molecule has 1 unspecified atom stereocenters. The van der Waals surface area contributed by atoms with Gasteiger partial charge in [0.2, 0.25) is 0 Å². The molecule has 0 heterocycles. The van der Waals surface area contributed by atoms with Crippen LogP contribution in [0.1, 0.15) is 22.8 Å². The third-order valence-electron chi connectivity index (χ3n) is 2.30. The van der Waals surface area contributed by atoms with Gasteiger partial charge in [-0.05, 0) is 30.5 Å². The summed E-state index contributed by atoms with van der Waals surface area (Å²) in [5.41, 5.74) is 1.24. The molecule has 0 fully saturated rings. The first-order chi connectivity index (χ1) is 7.20. The highest BCUT2D eigenvalue weighted by Crippen LogP contribution is 2.21. The molecule has 3 nitrogen and oxygen atoms in total. The molecule has 0 spiro atoms. The molecule has 16 heavy (non-hydrogen) atoms. The minimum Gasteiger partial charge on any atom is -0.387 e. The smallest absolute Gasteiger partial charge is 0.150 e. The molecule has 0 aliphatic carbocycles. The van der Waals surface area contributed by atoms with Gasteiger partial charge in [0.1, 0.15) is 15.7 Å². The molecule has 0 saturated heterocycles. The van der Waals surface area contributed by atoms with Gasteiger partial charge in [0, 0.05) is 6.26 Å². The number of halogens is 1. The van der Waals surface area contributed by atoms with Gasteiger partial charge in [-0.2, -0.15) is 0 Å². The molecule has 90 valence electrons. The first-order valence-corrected chi connectivity index (χ1v) is 6.89. The molecular weight excluding hydrogens is 231 g/mol. The van der Waals surface area contributed by atoms with Crippen molar-refractivity contribution in [2.24, 2.45) is 0 Å². The normalized spacial score (nSPS) is 13.8. The van der Waals surface area contributed by atoms with E-state index < -0.39 is 15.9 Å². The van der Waals surface area contributed by atoms with Crippen molar-refractivity contribution in [2.75, 3.05) is 12.0 Å². The number of sulfone groups is 1. The molecule has 1 N–H and O–H groups in total. The molecule has 1 aromatic carbocycles. The largest absolute Gasteiger partial charge is 0.387 e. The molecule has 0 saturated carbocycles. The molecule has 0 aliphatic heterocycles. The van der Waals surface area contributed by atoms with E-state index in [0.717, 1.165) is 6.26 Å². The van der Waals surface area contributed by atoms with Crippen molar-refractivity contribution < 1.29 is 17.9 Å². The Morgan fingerprint density at radius 2 is 1.75 bits per heavy atom. The molecule has 0 aromatic heterocycles. The lowest BCUT2D eigenvalue weighted by Crippen LogP contribution is -2.13. The maximum absolute atomic E-state index is 13.3. The summed E-state index contributed by atoms with van der Waals surface area (Å²) in [6.45, 7) is 3.16. The third-order valence-corrected chi connectivity index (χ3v) is 3.23. The van der Waals surface area contributed by atoms with Gasteiger partial charge < -0.3 is 5.11 Å². The highest BCUT2D eigenvalue weighted by molar-refractivity contribution is 7.90. The maximum Gasteiger partial charge on any atom is 0.150 e. The van der Waals surface area contributed by atoms with Gasteiger partial charge in [-0.1, -0.05) is 12.1 Å². The lowest BCUT2D eigenvalue weighted by molar-refractivity contribution is 0.201.